The van der Waals surface area contributed by atoms with Gasteiger partial charge in [0.15, 0.2) is 27.3 Å². The van der Waals surface area contributed by atoms with Gasteiger partial charge >= 0.3 is 0 Å². The largest absolute Gasteiger partial charge is 0.497 e. The van der Waals surface area contributed by atoms with Crippen molar-refractivity contribution in [3.8, 4) is 5.75 Å². The Balaban J connectivity index is 1.29. The van der Waals surface area contributed by atoms with Gasteiger partial charge in [-0.15, -0.1) is 0 Å². The Hall–Kier alpha value is -3.12. The molecule has 7 nitrogen and oxygen atoms in total. The van der Waals surface area contributed by atoms with Gasteiger partial charge in [-0.05, 0) is 73.4 Å². The van der Waals surface area contributed by atoms with Crippen LogP contribution < -0.4 is 10.1 Å². The molecule has 2 atom stereocenters. The summed E-state index contributed by atoms with van der Waals surface area (Å²) >= 11 is 6.31. The van der Waals surface area contributed by atoms with Crippen LogP contribution in [0.15, 0.2) is 59.5 Å². The lowest BCUT2D eigenvalue weighted by molar-refractivity contribution is -0.0866. The van der Waals surface area contributed by atoms with Crippen LogP contribution in [-0.2, 0) is 21.2 Å². The molecule has 3 aromatic carbocycles. The highest BCUT2D eigenvalue weighted by Crippen LogP contribution is 2.51. The average molecular weight is 624 g/mol. The van der Waals surface area contributed by atoms with Crippen molar-refractivity contribution >= 4 is 33.0 Å². The molecular weight excluding hydrogens is 595 g/mol. The Morgan fingerprint density at radius 1 is 1.02 bits per heavy atom. The minimum atomic E-state index is -4.04. The first-order valence-electron chi connectivity index (χ1n) is 13.3. The quantitative estimate of drug-likeness (QED) is 0.287. The summed E-state index contributed by atoms with van der Waals surface area (Å²) in [5.74, 6) is -5.47. The molecule has 0 saturated heterocycles. The number of halogens is 4. The molecule has 2 saturated carbocycles. The number of nitrogens with one attached hydrogen (secondary N) is 1. The highest BCUT2D eigenvalue weighted by atomic mass is 35.5. The number of sulfone groups is 1. The van der Waals surface area contributed by atoms with Gasteiger partial charge in [-0.2, -0.15) is 0 Å². The smallest absolute Gasteiger partial charge is 0.255 e. The number of rotatable bonds is 9. The van der Waals surface area contributed by atoms with Crippen molar-refractivity contribution in [1.29, 1.82) is 0 Å². The van der Waals surface area contributed by atoms with Crippen LogP contribution in [0.4, 0.5) is 18.9 Å². The minimum absolute atomic E-state index is 0.0553. The van der Waals surface area contributed by atoms with E-state index < -0.39 is 44.0 Å². The van der Waals surface area contributed by atoms with E-state index in [0.717, 1.165) is 17.4 Å². The van der Waals surface area contributed by atoms with Gasteiger partial charge in [0, 0.05) is 23.4 Å². The normalized spacial score (nSPS) is 23.5. The Labute approximate surface area is 246 Å². The molecule has 5 rings (SSSR count). The third kappa shape index (κ3) is 6.15. The summed E-state index contributed by atoms with van der Waals surface area (Å²) < 4.78 is 79.2. The molecule has 42 heavy (non-hydrogen) atoms. The molecule has 2 N–H and O–H groups in total. The summed E-state index contributed by atoms with van der Waals surface area (Å²) in [6, 6.07) is 12.3. The topological polar surface area (TPSA) is 102 Å². The lowest BCUT2D eigenvalue weighted by Gasteiger charge is -2.40. The predicted molar refractivity (Wildman–Crippen MR) is 150 cm³/mol. The van der Waals surface area contributed by atoms with Crippen molar-refractivity contribution in [3.63, 3.8) is 0 Å². The standard InChI is InChI=1S/C30H29ClF3NO6S/c1-40-22-7-2-17(3-8-22)15-41-16-30(37)13-19-4-5-20(14-30)28(19)42(38,39)26-10-18(6-9-23(26)31)29(36)35-21-11-24(32)27(34)25(33)12-21/h2-3,6-12,19-20,28,37H,4-5,13-16H2,1H3,(H,35,36)/t19?,20?,28-,30-. The fourth-order valence-electron chi connectivity index (χ4n) is 6.18. The van der Waals surface area contributed by atoms with Crippen LogP contribution in [0.5, 0.6) is 5.75 Å². The second-order valence-corrected chi connectivity index (χ2v) is 13.4. The summed E-state index contributed by atoms with van der Waals surface area (Å²) in [6.07, 6.45) is 1.68. The van der Waals surface area contributed by atoms with Gasteiger partial charge in [0.2, 0.25) is 0 Å². The summed E-state index contributed by atoms with van der Waals surface area (Å²) in [5, 5.41) is 12.7. The third-order valence-corrected chi connectivity index (χ3v) is 10.9. The van der Waals surface area contributed by atoms with E-state index in [4.69, 9.17) is 21.1 Å². The number of amides is 1. The van der Waals surface area contributed by atoms with Gasteiger partial charge in [0.1, 0.15) is 5.75 Å². The maximum absolute atomic E-state index is 13.9. The molecule has 0 aromatic heterocycles. The summed E-state index contributed by atoms with van der Waals surface area (Å²) in [7, 11) is -2.46. The lowest BCUT2D eigenvalue weighted by Crippen LogP contribution is -2.48. The molecule has 2 aliphatic carbocycles. The average Bonchev–Trinajstić information content (AvgIpc) is 3.25. The highest BCUT2D eigenvalue weighted by Gasteiger charge is 2.54. The van der Waals surface area contributed by atoms with Crippen molar-refractivity contribution < 1.29 is 41.0 Å². The number of aliphatic hydroxyl groups is 1. The van der Waals surface area contributed by atoms with E-state index in [-0.39, 0.29) is 59.1 Å². The first kappa shape index (κ1) is 30.3. The maximum atomic E-state index is 13.9. The maximum Gasteiger partial charge on any atom is 0.255 e. The van der Waals surface area contributed by atoms with Gasteiger partial charge in [-0.3, -0.25) is 4.79 Å². The lowest BCUT2D eigenvalue weighted by atomic mass is 9.77. The number of fused-ring (bicyclic) bond motifs is 2. The molecule has 3 aromatic rings. The Bertz CT molecular complexity index is 1560. The van der Waals surface area contributed by atoms with Crippen molar-refractivity contribution in [2.45, 2.75) is 48.0 Å². The van der Waals surface area contributed by atoms with E-state index >= 15 is 0 Å². The Morgan fingerprint density at radius 2 is 1.64 bits per heavy atom. The van der Waals surface area contributed by atoms with Crippen LogP contribution in [0.25, 0.3) is 0 Å². The first-order valence-corrected chi connectivity index (χ1v) is 15.2. The second-order valence-electron chi connectivity index (χ2n) is 10.9. The van der Waals surface area contributed by atoms with Gasteiger partial charge in [0.05, 0.1) is 41.1 Å². The number of ether oxygens (including phenoxy) is 2. The zero-order valence-electron chi connectivity index (χ0n) is 22.6. The summed E-state index contributed by atoms with van der Waals surface area (Å²) in [5.41, 5.74) is -0.730. The number of hydrogen-bond donors (Lipinski definition) is 2. The summed E-state index contributed by atoms with van der Waals surface area (Å²) in [4.78, 5) is 12.6. The molecule has 2 fully saturated rings. The van der Waals surface area contributed by atoms with Gasteiger partial charge in [0.25, 0.3) is 5.91 Å². The molecule has 0 spiro atoms. The van der Waals surface area contributed by atoms with Crippen LogP contribution >= 0.6 is 11.6 Å². The second kappa shape index (κ2) is 11.9. The van der Waals surface area contributed by atoms with Gasteiger partial charge in [-0.25, -0.2) is 21.6 Å². The SMILES string of the molecule is COc1ccc(COC[C@]2(O)CC3CCC(C2)[C@H]3S(=O)(=O)c2cc(C(=O)Nc3cc(F)c(F)c(F)c3)ccc2Cl)cc1. The zero-order valence-corrected chi connectivity index (χ0v) is 24.2. The fourth-order valence-corrected chi connectivity index (χ4v) is 9.03. The van der Waals surface area contributed by atoms with E-state index in [9.17, 15) is 31.5 Å². The zero-order chi connectivity index (χ0) is 30.2. The number of carbonyl (C=O) groups is 1. The monoisotopic (exact) mass is 623 g/mol. The number of methoxy groups -OCH3 is 1. The van der Waals surface area contributed by atoms with E-state index in [0.29, 0.717) is 25.0 Å². The molecule has 1 amide bonds. The van der Waals surface area contributed by atoms with E-state index in [2.05, 4.69) is 5.32 Å². The minimum Gasteiger partial charge on any atom is -0.497 e. The molecule has 0 radical (unpaired) electrons. The highest BCUT2D eigenvalue weighted by molar-refractivity contribution is 7.92. The van der Waals surface area contributed by atoms with E-state index in [1.807, 2.05) is 24.3 Å². The Morgan fingerprint density at radius 3 is 2.24 bits per heavy atom. The molecule has 2 aliphatic rings. The van der Waals surface area contributed by atoms with Crippen LogP contribution in [0.3, 0.4) is 0 Å². The molecule has 2 bridgehead atoms. The van der Waals surface area contributed by atoms with Crippen LogP contribution in [0, 0.1) is 29.3 Å². The van der Waals surface area contributed by atoms with E-state index in [1.54, 1.807) is 7.11 Å². The number of carbonyl (C=O) groups excluding carboxylic acids is 1. The number of anilines is 1. The van der Waals surface area contributed by atoms with Crippen LogP contribution in [0.2, 0.25) is 5.02 Å². The van der Waals surface area contributed by atoms with Crippen LogP contribution in [0.1, 0.15) is 41.6 Å². The molecule has 0 aliphatic heterocycles. The van der Waals surface area contributed by atoms with Crippen molar-refractivity contribution in [3.05, 3.63) is 88.2 Å². The molecule has 0 heterocycles. The number of benzene rings is 3. The molecule has 12 heteroatoms. The van der Waals surface area contributed by atoms with Gasteiger partial charge in [-0.1, -0.05) is 23.7 Å². The van der Waals surface area contributed by atoms with Crippen LogP contribution in [-0.4, -0.2) is 44.0 Å². The molecular formula is C30H29ClF3NO6S. The summed E-state index contributed by atoms with van der Waals surface area (Å²) in [6.45, 7) is 0.338. The first-order chi connectivity index (χ1) is 19.9. The predicted octanol–water partition coefficient (Wildman–Crippen LogP) is 5.93. The fraction of sp³-hybridized carbons (Fsp3) is 0.367. The number of hydrogen-bond acceptors (Lipinski definition) is 6. The molecule has 2 unspecified atom stereocenters. The Kier molecular flexibility index (Phi) is 8.58. The third-order valence-electron chi connectivity index (χ3n) is 8.02. The van der Waals surface area contributed by atoms with E-state index in [1.165, 1.54) is 12.1 Å². The molecule has 224 valence electrons. The van der Waals surface area contributed by atoms with Crippen molar-refractivity contribution in [2.24, 2.45) is 11.8 Å². The van der Waals surface area contributed by atoms with Gasteiger partial charge < -0.3 is 19.9 Å². The van der Waals surface area contributed by atoms with Crippen molar-refractivity contribution in [1.82, 2.24) is 0 Å². The van der Waals surface area contributed by atoms with Crippen molar-refractivity contribution in [2.75, 3.05) is 19.0 Å².